The van der Waals surface area contributed by atoms with E-state index in [-0.39, 0.29) is 6.04 Å². The van der Waals surface area contributed by atoms with Crippen LogP contribution in [0.3, 0.4) is 0 Å². The van der Waals surface area contributed by atoms with Crippen molar-refractivity contribution < 1.29 is 0 Å². The molecule has 8 nitrogen and oxygen atoms in total. The number of thiazole rings is 1. The Morgan fingerprint density at radius 3 is 2.74 bits per heavy atom. The fourth-order valence-electron chi connectivity index (χ4n) is 5.14. The lowest BCUT2D eigenvalue weighted by Gasteiger charge is -2.19. The van der Waals surface area contributed by atoms with Gasteiger partial charge in [-0.05, 0) is 39.1 Å². The molecule has 4 aromatic rings. The summed E-state index contributed by atoms with van der Waals surface area (Å²) >= 11 is 1.63. The predicted molar refractivity (Wildman–Crippen MR) is 138 cm³/mol. The highest BCUT2D eigenvalue weighted by molar-refractivity contribution is 7.16. The van der Waals surface area contributed by atoms with Gasteiger partial charge in [-0.15, -0.1) is 11.3 Å². The fourth-order valence-corrected chi connectivity index (χ4v) is 5.86. The van der Waals surface area contributed by atoms with E-state index in [1.165, 1.54) is 0 Å². The van der Waals surface area contributed by atoms with E-state index >= 15 is 0 Å². The number of nitrogen functional groups attached to an aromatic ring is 1. The summed E-state index contributed by atoms with van der Waals surface area (Å²) in [6, 6.07) is 6.52. The largest absolute Gasteiger partial charge is 0.383 e. The molecule has 0 atom stereocenters. The van der Waals surface area contributed by atoms with Gasteiger partial charge in [-0.2, -0.15) is 5.10 Å². The first-order valence-electron chi connectivity index (χ1n) is 11.6. The molecule has 6 rings (SSSR count). The van der Waals surface area contributed by atoms with E-state index in [0.717, 1.165) is 71.5 Å². The minimum atomic E-state index is 0.272. The first-order chi connectivity index (χ1) is 16.6. The van der Waals surface area contributed by atoms with Crippen LogP contribution in [0.1, 0.15) is 18.9 Å². The zero-order chi connectivity index (χ0) is 23.2. The van der Waals surface area contributed by atoms with E-state index in [9.17, 15) is 0 Å². The molecule has 174 valence electrons. The zero-order valence-corrected chi connectivity index (χ0v) is 20.3. The van der Waals surface area contributed by atoms with Crippen molar-refractivity contribution in [2.45, 2.75) is 18.9 Å². The van der Waals surface area contributed by atoms with Crippen LogP contribution >= 0.6 is 11.3 Å². The number of likely N-dealkylation sites (tertiary alicyclic amines) is 1. The number of hydrogen-bond acceptors (Lipinski definition) is 8. The van der Waals surface area contributed by atoms with Crippen LogP contribution in [0.15, 0.2) is 53.3 Å². The van der Waals surface area contributed by atoms with Crippen LogP contribution in [-0.2, 0) is 0 Å². The molecule has 1 aromatic carbocycles. The van der Waals surface area contributed by atoms with Gasteiger partial charge in [-0.25, -0.2) is 19.6 Å². The molecule has 1 aliphatic heterocycles. The quantitative estimate of drug-likeness (QED) is 0.428. The topological polar surface area (TPSA) is 89.0 Å². The first kappa shape index (κ1) is 21.4. The minimum absolute atomic E-state index is 0.272. The Bertz CT molecular complexity index is 1410. The standard InChI is InChI=1S/C25H28N8S/c1-31(2)7-3-4-8-32-12-17-9-19(10-18(17)13-32)33-25-22(24(26)27-14-28-25)23(30-33)16-5-6-20-21(11-16)34-15-29-20/h3-6,11,14-15,19H,7-10,12-13H2,1-2H3,(H2,26,27,28)/b4-3+. The van der Waals surface area contributed by atoms with Crippen LogP contribution in [-0.4, -0.2) is 74.8 Å². The van der Waals surface area contributed by atoms with Gasteiger partial charge in [0.2, 0.25) is 0 Å². The van der Waals surface area contributed by atoms with E-state index in [1.54, 1.807) is 28.8 Å². The second-order valence-corrected chi connectivity index (χ2v) is 10.3. The number of nitrogens with two attached hydrogens (primary N) is 1. The van der Waals surface area contributed by atoms with E-state index in [0.29, 0.717) is 5.82 Å². The second-order valence-electron chi connectivity index (χ2n) is 9.46. The number of anilines is 1. The maximum absolute atomic E-state index is 6.35. The number of fused-ring (bicyclic) bond motifs is 2. The molecule has 4 heterocycles. The van der Waals surface area contributed by atoms with E-state index in [4.69, 9.17) is 10.8 Å². The highest BCUT2D eigenvalue weighted by atomic mass is 32.1. The third kappa shape index (κ3) is 3.79. The Labute approximate surface area is 202 Å². The normalized spacial score (nSPS) is 17.4. The molecule has 0 fully saturated rings. The maximum Gasteiger partial charge on any atom is 0.164 e. The summed E-state index contributed by atoms with van der Waals surface area (Å²) in [5.41, 5.74) is 15.0. The molecule has 1 aliphatic carbocycles. The van der Waals surface area contributed by atoms with Crippen molar-refractivity contribution in [3.8, 4) is 11.3 Å². The molecule has 9 heteroatoms. The summed E-state index contributed by atoms with van der Waals surface area (Å²) in [5.74, 6) is 0.477. The Morgan fingerprint density at radius 2 is 1.94 bits per heavy atom. The minimum Gasteiger partial charge on any atom is -0.383 e. The zero-order valence-electron chi connectivity index (χ0n) is 19.5. The van der Waals surface area contributed by atoms with Crippen LogP contribution in [0.4, 0.5) is 5.82 Å². The SMILES string of the molecule is CN(C)C/C=C/CN1CC2=C(CC(n3nc(-c4ccc5ncsc5c4)c4c(N)ncnc43)C2)C1. The van der Waals surface area contributed by atoms with Gasteiger partial charge in [-0.3, -0.25) is 4.90 Å². The molecule has 0 bridgehead atoms. The van der Waals surface area contributed by atoms with Crippen LogP contribution in [0.2, 0.25) is 0 Å². The predicted octanol–water partition coefficient (Wildman–Crippen LogP) is 3.75. The molecule has 0 spiro atoms. The van der Waals surface area contributed by atoms with Crippen molar-refractivity contribution in [3.05, 3.63) is 53.3 Å². The smallest absolute Gasteiger partial charge is 0.164 e. The first-order valence-corrected chi connectivity index (χ1v) is 12.5. The summed E-state index contributed by atoms with van der Waals surface area (Å²) in [6.07, 6.45) is 8.11. The van der Waals surface area contributed by atoms with Crippen molar-refractivity contribution in [3.63, 3.8) is 0 Å². The van der Waals surface area contributed by atoms with Crippen molar-refractivity contribution in [2.24, 2.45) is 0 Å². The molecule has 0 saturated carbocycles. The summed E-state index contributed by atoms with van der Waals surface area (Å²) in [5, 5.41) is 5.92. The van der Waals surface area contributed by atoms with Crippen molar-refractivity contribution in [1.29, 1.82) is 0 Å². The van der Waals surface area contributed by atoms with Crippen LogP contribution in [0.5, 0.6) is 0 Å². The summed E-state index contributed by atoms with van der Waals surface area (Å²) in [7, 11) is 4.19. The number of nitrogens with zero attached hydrogens (tertiary/aromatic N) is 7. The van der Waals surface area contributed by atoms with Gasteiger partial charge < -0.3 is 10.6 Å². The fraction of sp³-hybridized carbons (Fsp3) is 0.360. The van der Waals surface area contributed by atoms with Crippen LogP contribution in [0.25, 0.3) is 32.5 Å². The number of benzene rings is 1. The molecule has 3 aromatic heterocycles. The van der Waals surface area contributed by atoms with Gasteiger partial charge in [0.15, 0.2) is 5.65 Å². The lowest BCUT2D eigenvalue weighted by atomic mass is 10.1. The van der Waals surface area contributed by atoms with Gasteiger partial charge in [0.05, 0.1) is 27.2 Å². The molecule has 2 aliphatic rings. The summed E-state index contributed by atoms with van der Waals surface area (Å²) in [4.78, 5) is 18.0. The van der Waals surface area contributed by atoms with E-state index in [1.807, 2.05) is 11.6 Å². The van der Waals surface area contributed by atoms with Crippen molar-refractivity contribution in [1.82, 2.24) is 34.5 Å². The molecular weight excluding hydrogens is 444 g/mol. The number of hydrogen-bond donors (Lipinski definition) is 1. The second kappa shape index (κ2) is 8.57. The third-order valence-electron chi connectivity index (χ3n) is 6.76. The molecule has 0 saturated heterocycles. The molecule has 0 amide bonds. The van der Waals surface area contributed by atoms with Crippen LogP contribution in [0, 0.1) is 0 Å². The van der Waals surface area contributed by atoms with Gasteiger partial charge in [0.25, 0.3) is 0 Å². The van der Waals surface area contributed by atoms with E-state index < -0.39 is 0 Å². The lowest BCUT2D eigenvalue weighted by molar-refractivity contribution is 0.355. The average molecular weight is 473 g/mol. The number of likely N-dealkylation sites (N-methyl/N-ethyl adjacent to an activating group) is 1. The lowest BCUT2D eigenvalue weighted by Crippen LogP contribution is -2.24. The molecular formula is C25H28N8S. The Hall–Kier alpha value is -3.14. The summed E-state index contributed by atoms with van der Waals surface area (Å²) in [6.45, 7) is 4.08. The van der Waals surface area contributed by atoms with Crippen molar-refractivity contribution >= 4 is 38.4 Å². The Balaban J connectivity index is 1.26. The highest BCUT2D eigenvalue weighted by Crippen LogP contribution is 2.42. The van der Waals surface area contributed by atoms with Crippen LogP contribution < -0.4 is 5.73 Å². The highest BCUT2D eigenvalue weighted by Gasteiger charge is 2.33. The number of rotatable bonds is 6. The van der Waals surface area contributed by atoms with Crippen molar-refractivity contribution in [2.75, 3.05) is 46.0 Å². The van der Waals surface area contributed by atoms with Gasteiger partial charge in [0, 0.05) is 31.7 Å². The monoisotopic (exact) mass is 472 g/mol. The molecule has 34 heavy (non-hydrogen) atoms. The summed E-state index contributed by atoms with van der Waals surface area (Å²) < 4.78 is 3.23. The average Bonchev–Trinajstić information content (AvgIpc) is 3.57. The molecule has 2 N–H and O–H groups in total. The van der Waals surface area contributed by atoms with Gasteiger partial charge in [0.1, 0.15) is 17.8 Å². The Kier molecular flexibility index (Phi) is 5.40. The Morgan fingerprint density at radius 1 is 1.12 bits per heavy atom. The molecule has 0 unspecified atom stereocenters. The number of aromatic nitrogens is 5. The van der Waals surface area contributed by atoms with Gasteiger partial charge >= 0.3 is 0 Å². The maximum atomic E-state index is 6.35. The van der Waals surface area contributed by atoms with Gasteiger partial charge in [-0.1, -0.05) is 29.4 Å². The third-order valence-corrected chi connectivity index (χ3v) is 7.55. The molecule has 0 radical (unpaired) electrons. The van der Waals surface area contributed by atoms with E-state index in [2.05, 4.69) is 67.8 Å².